The predicted molar refractivity (Wildman–Crippen MR) is 166 cm³/mol. The number of esters is 1. The maximum absolute atomic E-state index is 13.4. The van der Waals surface area contributed by atoms with Gasteiger partial charge in [0.1, 0.15) is 18.8 Å². The number of amides is 2. The molecule has 2 amide bonds. The SMILES string of the molecule is Cc1ccc2c(c1)C(=O)N(c1cccc(-c3cc(C(N)=O)c4[nH]c5cc(C(O)COC(=O)C(C)N)ccc5c4c3)c1C)C2. The summed E-state index contributed by atoms with van der Waals surface area (Å²) in [6.45, 7) is 5.72. The lowest BCUT2D eigenvalue weighted by Gasteiger charge is -2.21. The number of ether oxygens (including phenoxy) is 1. The first-order valence-electron chi connectivity index (χ1n) is 14.0. The maximum atomic E-state index is 13.4. The van der Waals surface area contributed by atoms with Crippen LogP contribution in [-0.4, -0.2) is 40.5 Å². The number of aromatic amines is 1. The first-order chi connectivity index (χ1) is 20.5. The molecule has 4 aromatic carbocycles. The van der Waals surface area contributed by atoms with Gasteiger partial charge in [0, 0.05) is 27.5 Å². The van der Waals surface area contributed by atoms with Crippen LogP contribution in [0.5, 0.6) is 0 Å². The number of nitrogens with zero attached hydrogens (tertiary/aromatic N) is 1. The smallest absolute Gasteiger partial charge is 0.322 e. The van der Waals surface area contributed by atoms with Crippen molar-refractivity contribution in [1.82, 2.24) is 4.98 Å². The molecule has 2 atom stereocenters. The van der Waals surface area contributed by atoms with Crippen molar-refractivity contribution in [3.05, 3.63) is 100 Å². The van der Waals surface area contributed by atoms with E-state index in [9.17, 15) is 19.5 Å². The summed E-state index contributed by atoms with van der Waals surface area (Å²) < 4.78 is 5.08. The van der Waals surface area contributed by atoms with Gasteiger partial charge in [-0.05, 0) is 78.9 Å². The quantitative estimate of drug-likeness (QED) is 0.205. The second-order valence-corrected chi connectivity index (χ2v) is 11.2. The van der Waals surface area contributed by atoms with E-state index in [0.29, 0.717) is 28.7 Å². The van der Waals surface area contributed by atoms with Gasteiger partial charge in [-0.25, -0.2) is 0 Å². The van der Waals surface area contributed by atoms with E-state index in [0.717, 1.165) is 49.8 Å². The molecule has 0 saturated carbocycles. The maximum Gasteiger partial charge on any atom is 0.322 e. The van der Waals surface area contributed by atoms with Crippen LogP contribution in [0.4, 0.5) is 5.69 Å². The zero-order valence-electron chi connectivity index (χ0n) is 24.1. The van der Waals surface area contributed by atoms with E-state index < -0.39 is 24.0 Å². The van der Waals surface area contributed by atoms with Crippen molar-refractivity contribution in [2.75, 3.05) is 11.5 Å². The van der Waals surface area contributed by atoms with Gasteiger partial charge in [-0.1, -0.05) is 42.0 Å². The van der Waals surface area contributed by atoms with Crippen molar-refractivity contribution in [3.63, 3.8) is 0 Å². The molecule has 0 saturated heterocycles. The monoisotopic (exact) mass is 576 g/mol. The van der Waals surface area contributed by atoms with E-state index in [-0.39, 0.29) is 12.5 Å². The summed E-state index contributed by atoms with van der Waals surface area (Å²) in [5.74, 6) is -1.22. The van der Waals surface area contributed by atoms with Crippen LogP contribution < -0.4 is 16.4 Å². The molecule has 6 N–H and O–H groups in total. The highest BCUT2D eigenvalue weighted by Crippen LogP contribution is 2.39. The van der Waals surface area contributed by atoms with Gasteiger partial charge in [0.25, 0.3) is 11.8 Å². The number of primary amides is 1. The van der Waals surface area contributed by atoms with Crippen LogP contribution in [0, 0.1) is 13.8 Å². The number of nitrogens with two attached hydrogens (primary N) is 2. The fourth-order valence-corrected chi connectivity index (χ4v) is 5.81. The predicted octanol–water partition coefficient (Wildman–Crippen LogP) is 4.79. The molecule has 9 nitrogen and oxygen atoms in total. The highest BCUT2D eigenvalue weighted by atomic mass is 16.5. The molecule has 0 radical (unpaired) electrons. The number of nitrogens with one attached hydrogen (secondary N) is 1. The Hall–Kier alpha value is -4.99. The highest BCUT2D eigenvalue weighted by molar-refractivity contribution is 6.16. The molecule has 0 bridgehead atoms. The Morgan fingerprint density at radius 2 is 1.81 bits per heavy atom. The van der Waals surface area contributed by atoms with Crippen molar-refractivity contribution in [3.8, 4) is 11.1 Å². The molecule has 0 aliphatic carbocycles. The zero-order chi connectivity index (χ0) is 30.6. The lowest BCUT2D eigenvalue weighted by atomic mass is 9.94. The van der Waals surface area contributed by atoms with E-state index in [1.54, 1.807) is 23.1 Å². The van der Waals surface area contributed by atoms with Gasteiger partial charge >= 0.3 is 5.97 Å². The minimum atomic E-state index is -1.06. The molecular formula is C34H32N4O5. The molecule has 1 aromatic heterocycles. The fourth-order valence-electron chi connectivity index (χ4n) is 5.81. The summed E-state index contributed by atoms with van der Waals surface area (Å²) in [6, 6.07) is 20.1. The molecule has 218 valence electrons. The van der Waals surface area contributed by atoms with Gasteiger partial charge in [0.15, 0.2) is 0 Å². The van der Waals surface area contributed by atoms with Gasteiger partial charge in [0.05, 0.1) is 17.6 Å². The molecule has 2 heterocycles. The van der Waals surface area contributed by atoms with Crippen molar-refractivity contribution < 1.29 is 24.2 Å². The second-order valence-electron chi connectivity index (χ2n) is 11.2. The molecule has 1 aliphatic heterocycles. The number of H-pyrrole nitrogens is 1. The van der Waals surface area contributed by atoms with Crippen LogP contribution in [0.25, 0.3) is 32.9 Å². The van der Waals surface area contributed by atoms with Crippen molar-refractivity contribution in [2.24, 2.45) is 11.5 Å². The average molecular weight is 577 g/mol. The summed E-state index contributed by atoms with van der Waals surface area (Å²) >= 11 is 0. The molecule has 0 spiro atoms. The Labute approximate surface area is 248 Å². The molecular weight excluding hydrogens is 544 g/mol. The van der Waals surface area contributed by atoms with E-state index in [1.165, 1.54) is 6.92 Å². The molecule has 2 unspecified atom stereocenters. The number of anilines is 1. The first kappa shape index (κ1) is 28.1. The lowest BCUT2D eigenvalue weighted by molar-refractivity contribution is -0.147. The molecule has 0 fully saturated rings. The number of rotatable bonds is 7. The summed E-state index contributed by atoms with van der Waals surface area (Å²) in [6.07, 6.45) is -1.06. The minimum Gasteiger partial charge on any atom is -0.461 e. The zero-order valence-corrected chi connectivity index (χ0v) is 24.1. The molecule has 9 heteroatoms. The van der Waals surface area contributed by atoms with Crippen LogP contribution >= 0.6 is 0 Å². The highest BCUT2D eigenvalue weighted by Gasteiger charge is 2.30. The molecule has 1 aliphatic rings. The first-order valence-corrected chi connectivity index (χ1v) is 14.0. The summed E-state index contributed by atoms with van der Waals surface area (Å²) in [7, 11) is 0. The topological polar surface area (TPSA) is 152 Å². The third-order valence-corrected chi connectivity index (χ3v) is 8.11. The number of aryl methyl sites for hydroxylation is 1. The Balaban J connectivity index is 1.40. The van der Waals surface area contributed by atoms with Gasteiger partial charge in [-0.15, -0.1) is 0 Å². The summed E-state index contributed by atoms with van der Waals surface area (Å²) in [5.41, 5.74) is 19.6. The van der Waals surface area contributed by atoms with Gasteiger partial charge < -0.3 is 31.2 Å². The van der Waals surface area contributed by atoms with Crippen LogP contribution in [0.2, 0.25) is 0 Å². The number of aliphatic hydroxyl groups excluding tert-OH is 1. The Kier molecular flexibility index (Phi) is 7.00. The lowest BCUT2D eigenvalue weighted by Crippen LogP contribution is -2.29. The van der Waals surface area contributed by atoms with Crippen LogP contribution in [0.3, 0.4) is 0 Å². The number of hydrogen-bond acceptors (Lipinski definition) is 6. The van der Waals surface area contributed by atoms with Crippen LogP contribution in [0.15, 0.2) is 66.7 Å². The Bertz CT molecular complexity index is 1960. The third kappa shape index (κ3) is 4.92. The van der Waals surface area contributed by atoms with Gasteiger partial charge in [0.2, 0.25) is 0 Å². The number of benzene rings is 4. The molecule has 5 aromatic rings. The average Bonchev–Trinajstić information content (AvgIpc) is 3.51. The Morgan fingerprint density at radius 3 is 2.56 bits per heavy atom. The number of fused-ring (bicyclic) bond motifs is 4. The van der Waals surface area contributed by atoms with E-state index in [1.807, 2.05) is 62.4 Å². The fraction of sp³-hybridized carbons (Fsp3) is 0.206. The summed E-state index contributed by atoms with van der Waals surface area (Å²) in [5, 5.41) is 12.2. The van der Waals surface area contributed by atoms with Crippen LogP contribution in [0.1, 0.15) is 56.0 Å². The van der Waals surface area contributed by atoms with E-state index in [2.05, 4.69) is 4.98 Å². The number of hydrogen-bond donors (Lipinski definition) is 4. The number of carbonyl (C=O) groups excluding carboxylic acids is 3. The van der Waals surface area contributed by atoms with Gasteiger partial charge in [-0.2, -0.15) is 0 Å². The largest absolute Gasteiger partial charge is 0.461 e. The van der Waals surface area contributed by atoms with Crippen molar-refractivity contribution >= 4 is 45.3 Å². The second kappa shape index (κ2) is 10.7. The normalized spacial score (nSPS) is 14.3. The molecule has 43 heavy (non-hydrogen) atoms. The Morgan fingerprint density at radius 1 is 1.02 bits per heavy atom. The van der Waals surface area contributed by atoms with Crippen molar-refractivity contribution in [2.45, 2.75) is 39.5 Å². The minimum absolute atomic E-state index is 0.0332. The summed E-state index contributed by atoms with van der Waals surface area (Å²) in [4.78, 5) is 42.8. The number of carbonyl (C=O) groups is 3. The third-order valence-electron chi connectivity index (χ3n) is 8.11. The van der Waals surface area contributed by atoms with Crippen molar-refractivity contribution in [1.29, 1.82) is 0 Å². The molecule has 6 rings (SSSR count). The standard InChI is InChI=1S/C34H32N4O5/c1-17-7-8-21-15-38(33(41)25(21)11-17)29-6-4-5-23(18(29)2)22-12-26-24-10-9-20(30(39)16-43-34(42)19(3)35)14-28(24)37-31(26)27(13-22)32(36)40/h4-14,19,30,37,39H,15-16,35H2,1-3H3,(H2,36,40). The number of aromatic nitrogens is 1. The van der Waals surface area contributed by atoms with Gasteiger partial charge in [-0.3, -0.25) is 14.4 Å². The van der Waals surface area contributed by atoms with Crippen LogP contribution in [-0.2, 0) is 16.1 Å². The van der Waals surface area contributed by atoms with E-state index in [4.69, 9.17) is 16.2 Å². The van der Waals surface area contributed by atoms with E-state index >= 15 is 0 Å². The number of aliphatic hydroxyl groups is 1.